The first-order chi connectivity index (χ1) is 9.10. The highest BCUT2D eigenvalue weighted by atomic mass is 16.5. The van der Waals surface area contributed by atoms with Gasteiger partial charge in [-0.2, -0.15) is 5.10 Å². The molecule has 1 aliphatic rings. The Bertz CT molecular complexity index is 467. The third kappa shape index (κ3) is 3.70. The average molecular weight is 266 g/mol. The number of carbonyl (C=O) groups excluding carboxylic acids is 2. The van der Waals surface area contributed by atoms with Gasteiger partial charge in [0.25, 0.3) is 5.91 Å². The summed E-state index contributed by atoms with van der Waals surface area (Å²) in [5.41, 5.74) is 5.43. The number of hydrogen-bond acceptors (Lipinski definition) is 5. The van der Waals surface area contributed by atoms with E-state index < -0.39 is 5.97 Å². The second kappa shape index (κ2) is 5.73. The van der Waals surface area contributed by atoms with E-state index in [1.807, 2.05) is 6.92 Å². The summed E-state index contributed by atoms with van der Waals surface area (Å²) in [5, 5.41) is 3.87. The number of nitrogens with zero attached hydrogens (tertiary/aromatic N) is 3. The highest BCUT2D eigenvalue weighted by Crippen LogP contribution is 2.26. The maximum absolute atomic E-state index is 11.8. The van der Waals surface area contributed by atoms with Crippen LogP contribution in [0.2, 0.25) is 0 Å². The summed E-state index contributed by atoms with van der Waals surface area (Å²) in [4.78, 5) is 25.1. The largest absolute Gasteiger partial charge is 0.454 e. The lowest BCUT2D eigenvalue weighted by Crippen LogP contribution is -2.36. The van der Waals surface area contributed by atoms with Gasteiger partial charge in [-0.3, -0.25) is 14.3 Å². The predicted octanol–water partition coefficient (Wildman–Crippen LogP) is 0.0194. The molecule has 2 rings (SSSR count). The van der Waals surface area contributed by atoms with Gasteiger partial charge < -0.3 is 15.4 Å². The Labute approximate surface area is 111 Å². The van der Waals surface area contributed by atoms with Gasteiger partial charge in [-0.1, -0.05) is 0 Å². The molecular formula is C12H18N4O3. The molecule has 0 saturated heterocycles. The first kappa shape index (κ1) is 13.4. The van der Waals surface area contributed by atoms with Gasteiger partial charge in [0.1, 0.15) is 12.4 Å². The zero-order valence-corrected chi connectivity index (χ0v) is 10.9. The van der Waals surface area contributed by atoms with Crippen molar-refractivity contribution in [3.8, 4) is 0 Å². The van der Waals surface area contributed by atoms with Gasteiger partial charge in [-0.25, -0.2) is 0 Å². The Kier molecular flexibility index (Phi) is 4.03. The van der Waals surface area contributed by atoms with E-state index in [1.165, 1.54) is 4.68 Å². The van der Waals surface area contributed by atoms with E-state index >= 15 is 0 Å². The summed E-state index contributed by atoms with van der Waals surface area (Å²) in [5.74, 6) is -0.295. The van der Waals surface area contributed by atoms with Crippen molar-refractivity contribution in [1.82, 2.24) is 14.7 Å². The molecule has 1 aromatic heterocycles. The average Bonchev–Trinajstić information content (AvgIpc) is 3.12. The van der Waals surface area contributed by atoms with Crippen LogP contribution in [0.3, 0.4) is 0 Å². The lowest BCUT2D eigenvalue weighted by Gasteiger charge is -2.19. The fourth-order valence-electron chi connectivity index (χ4n) is 1.89. The van der Waals surface area contributed by atoms with Crippen LogP contribution < -0.4 is 5.73 Å². The topological polar surface area (TPSA) is 90.5 Å². The van der Waals surface area contributed by atoms with Crippen molar-refractivity contribution in [2.24, 2.45) is 0 Å². The van der Waals surface area contributed by atoms with E-state index in [0.717, 1.165) is 12.8 Å². The molecule has 1 amide bonds. The zero-order chi connectivity index (χ0) is 13.8. The lowest BCUT2D eigenvalue weighted by molar-refractivity contribution is -0.152. The van der Waals surface area contributed by atoms with Crippen molar-refractivity contribution in [1.29, 1.82) is 0 Å². The fourth-order valence-corrected chi connectivity index (χ4v) is 1.89. The summed E-state index contributed by atoms with van der Waals surface area (Å²) in [6, 6.07) is 1.92. The molecule has 1 aliphatic carbocycles. The monoisotopic (exact) mass is 266 g/mol. The van der Waals surface area contributed by atoms with E-state index in [2.05, 4.69) is 5.10 Å². The van der Waals surface area contributed by atoms with Crippen molar-refractivity contribution in [3.05, 3.63) is 12.3 Å². The smallest absolute Gasteiger partial charge is 0.328 e. The predicted molar refractivity (Wildman–Crippen MR) is 68.0 cm³/mol. The zero-order valence-electron chi connectivity index (χ0n) is 10.9. The molecule has 7 heteroatoms. The molecule has 0 spiro atoms. The number of nitrogens with two attached hydrogens (primary N) is 1. The Hall–Kier alpha value is -2.05. The molecule has 1 saturated carbocycles. The van der Waals surface area contributed by atoms with Crippen LogP contribution in [-0.4, -0.2) is 45.8 Å². The van der Waals surface area contributed by atoms with Crippen LogP contribution in [0.25, 0.3) is 0 Å². The Morgan fingerprint density at radius 1 is 1.58 bits per heavy atom. The molecule has 0 bridgehead atoms. The second-order valence-corrected chi connectivity index (χ2v) is 4.51. The van der Waals surface area contributed by atoms with E-state index in [0.29, 0.717) is 18.4 Å². The van der Waals surface area contributed by atoms with Gasteiger partial charge in [0, 0.05) is 18.8 Å². The Morgan fingerprint density at radius 2 is 2.32 bits per heavy atom. The summed E-state index contributed by atoms with van der Waals surface area (Å²) in [6.07, 6.45) is 3.67. The molecule has 1 aromatic rings. The normalized spacial score (nSPS) is 14.2. The van der Waals surface area contributed by atoms with Gasteiger partial charge in [0.2, 0.25) is 0 Å². The van der Waals surface area contributed by atoms with Gasteiger partial charge in [-0.15, -0.1) is 0 Å². The van der Waals surface area contributed by atoms with Crippen LogP contribution in [-0.2, 0) is 20.9 Å². The second-order valence-electron chi connectivity index (χ2n) is 4.51. The number of carbonyl (C=O) groups is 2. The quantitative estimate of drug-likeness (QED) is 0.733. The first-order valence-corrected chi connectivity index (χ1v) is 6.34. The third-order valence-corrected chi connectivity index (χ3v) is 2.96. The number of nitrogen functional groups attached to an aromatic ring is 1. The van der Waals surface area contributed by atoms with Gasteiger partial charge in [0.15, 0.2) is 6.61 Å². The number of hydrogen-bond donors (Lipinski definition) is 1. The minimum absolute atomic E-state index is 0.0416. The van der Waals surface area contributed by atoms with Gasteiger partial charge in [0.05, 0.1) is 0 Å². The summed E-state index contributed by atoms with van der Waals surface area (Å²) in [6.45, 7) is 2.32. The molecule has 0 aromatic carbocycles. The number of anilines is 1. The Morgan fingerprint density at radius 3 is 2.84 bits per heavy atom. The number of rotatable bonds is 6. The van der Waals surface area contributed by atoms with Crippen molar-refractivity contribution < 1.29 is 14.3 Å². The van der Waals surface area contributed by atoms with Crippen molar-refractivity contribution in [3.63, 3.8) is 0 Å². The molecule has 7 nitrogen and oxygen atoms in total. The van der Waals surface area contributed by atoms with E-state index in [9.17, 15) is 9.59 Å². The van der Waals surface area contributed by atoms with Crippen LogP contribution in [0.15, 0.2) is 12.3 Å². The first-order valence-electron chi connectivity index (χ1n) is 6.34. The van der Waals surface area contributed by atoms with E-state index in [4.69, 9.17) is 10.5 Å². The van der Waals surface area contributed by atoms with Gasteiger partial charge in [-0.05, 0) is 25.8 Å². The van der Waals surface area contributed by atoms with E-state index in [1.54, 1.807) is 17.2 Å². The standard InChI is InChI=1S/C12H18N4O3/c1-2-16(9-3-4-9)11(17)8-19-12(18)7-15-6-5-10(13)14-15/h5-6,9H,2-4,7-8H2,1H3,(H2,13,14). The molecule has 0 atom stereocenters. The minimum atomic E-state index is -0.497. The lowest BCUT2D eigenvalue weighted by atomic mass is 10.4. The molecule has 0 unspecified atom stereocenters. The molecule has 1 heterocycles. The summed E-state index contributed by atoms with van der Waals surface area (Å²) < 4.78 is 6.32. The highest BCUT2D eigenvalue weighted by molar-refractivity contribution is 5.81. The van der Waals surface area contributed by atoms with Crippen LogP contribution in [0.5, 0.6) is 0 Å². The highest BCUT2D eigenvalue weighted by Gasteiger charge is 2.31. The third-order valence-electron chi connectivity index (χ3n) is 2.96. The number of esters is 1. The molecule has 104 valence electrons. The van der Waals surface area contributed by atoms with Crippen LogP contribution in [0.4, 0.5) is 5.82 Å². The number of ether oxygens (including phenoxy) is 1. The Balaban J connectivity index is 1.75. The SMILES string of the molecule is CCN(C(=O)COC(=O)Cn1ccc(N)n1)C1CC1. The number of likely N-dealkylation sites (N-methyl/N-ethyl adjacent to an activating group) is 1. The summed E-state index contributed by atoms with van der Waals surface area (Å²) >= 11 is 0. The number of amides is 1. The van der Waals surface area contributed by atoms with Crippen molar-refractivity contribution in [2.75, 3.05) is 18.9 Å². The van der Waals surface area contributed by atoms with Crippen LogP contribution >= 0.6 is 0 Å². The van der Waals surface area contributed by atoms with Crippen molar-refractivity contribution >= 4 is 17.7 Å². The summed E-state index contributed by atoms with van der Waals surface area (Å²) in [7, 11) is 0. The fraction of sp³-hybridized carbons (Fsp3) is 0.583. The molecule has 19 heavy (non-hydrogen) atoms. The maximum atomic E-state index is 11.8. The molecule has 1 fully saturated rings. The van der Waals surface area contributed by atoms with E-state index in [-0.39, 0.29) is 19.1 Å². The molecule has 2 N–H and O–H groups in total. The molecule has 0 radical (unpaired) electrons. The minimum Gasteiger partial charge on any atom is -0.454 e. The molecule has 0 aliphatic heterocycles. The maximum Gasteiger partial charge on any atom is 0.328 e. The number of aromatic nitrogens is 2. The van der Waals surface area contributed by atoms with Gasteiger partial charge >= 0.3 is 5.97 Å². The van der Waals surface area contributed by atoms with Crippen LogP contribution in [0.1, 0.15) is 19.8 Å². The van der Waals surface area contributed by atoms with Crippen LogP contribution in [0, 0.1) is 0 Å². The molecular weight excluding hydrogens is 248 g/mol. The van der Waals surface area contributed by atoms with Crippen molar-refractivity contribution in [2.45, 2.75) is 32.4 Å².